The van der Waals surface area contributed by atoms with Crippen molar-refractivity contribution in [1.82, 2.24) is 5.32 Å². The monoisotopic (exact) mass is 330 g/mol. The number of carbonyl (C=O) groups is 2. The SMILES string of the molecule is CCSC1=C(C#N)[C@H](c2ccccc2C)[C@@H](C(=O)OC)C(=O)N1. The van der Waals surface area contributed by atoms with E-state index < -0.39 is 23.7 Å². The maximum atomic E-state index is 12.5. The van der Waals surface area contributed by atoms with Gasteiger partial charge in [0, 0.05) is 5.92 Å². The molecule has 2 atom stereocenters. The van der Waals surface area contributed by atoms with Gasteiger partial charge in [0.05, 0.1) is 23.8 Å². The smallest absolute Gasteiger partial charge is 0.319 e. The summed E-state index contributed by atoms with van der Waals surface area (Å²) in [7, 11) is 1.25. The van der Waals surface area contributed by atoms with Crippen molar-refractivity contribution >= 4 is 23.6 Å². The first-order valence-corrected chi connectivity index (χ1v) is 8.25. The van der Waals surface area contributed by atoms with Crippen LogP contribution in [-0.4, -0.2) is 24.7 Å². The van der Waals surface area contributed by atoms with Gasteiger partial charge in [0.25, 0.3) is 0 Å². The number of carbonyl (C=O) groups excluding carboxylic acids is 2. The van der Waals surface area contributed by atoms with Crippen LogP contribution >= 0.6 is 11.8 Å². The molecule has 5 nitrogen and oxygen atoms in total. The topological polar surface area (TPSA) is 79.2 Å². The molecule has 1 aromatic rings. The molecule has 0 saturated heterocycles. The quantitative estimate of drug-likeness (QED) is 0.678. The van der Waals surface area contributed by atoms with Crippen molar-refractivity contribution in [1.29, 1.82) is 5.26 Å². The lowest BCUT2D eigenvalue weighted by Crippen LogP contribution is -2.44. The van der Waals surface area contributed by atoms with Gasteiger partial charge >= 0.3 is 5.97 Å². The Morgan fingerprint density at radius 3 is 2.70 bits per heavy atom. The lowest BCUT2D eigenvalue weighted by Gasteiger charge is -2.31. The first-order valence-electron chi connectivity index (χ1n) is 7.26. The number of nitriles is 1. The van der Waals surface area contributed by atoms with Gasteiger partial charge in [0.15, 0.2) is 0 Å². The second-order valence-corrected chi connectivity index (χ2v) is 6.39. The third kappa shape index (κ3) is 3.25. The summed E-state index contributed by atoms with van der Waals surface area (Å²) in [6, 6.07) is 9.65. The van der Waals surface area contributed by atoms with Crippen LogP contribution < -0.4 is 5.32 Å². The van der Waals surface area contributed by atoms with Gasteiger partial charge in [-0.3, -0.25) is 9.59 Å². The van der Waals surface area contributed by atoms with Crippen LogP contribution in [-0.2, 0) is 14.3 Å². The van der Waals surface area contributed by atoms with Gasteiger partial charge in [0.1, 0.15) is 5.92 Å². The number of esters is 1. The molecule has 120 valence electrons. The fraction of sp³-hybridized carbons (Fsp3) is 0.353. The first-order chi connectivity index (χ1) is 11.0. The third-order valence-electron chi connectivity index (χ3n) is 3.80. The van der Waals surface area contributed by atoms with Crippen molar-refractivity contribution in [2.45, 2.75) is 19.8 Å². The zero-order chi connectivity index (χ0) is 17.0. The number of methoxy groups -OCH3 is 1. The average Bonchev–Trinajstić information content (AvgIpc) is 2.54. The highest BCUT2D eigenvalue weighted by Crippen LogP contribution is 2.41. The maximum Gasteiger partial charge on any atom is 0.319 e. The van der Waals surface area contributed by atoms with E-state index in [2.05, 4.69) is 11.4 Å². The van der Waals surface area contributed by atoms with Crippen molar-refractivity contribution < 1.29 is 14.3 Å². The molecule has 0 aromatic heterocycles. The number of benzene rings is 1. The van der Waals surface area contributed by atoms with Gasteiger partial charge < -0.3 is 10.1 Å². The number of ether oxygens (including phenoxy) is 1. The summed E-state index contributed by atoms with van der Waals surface area (Å²) in [4.78, 5) is 24.6. The molecule has 23 heavy (non-hydrogen) atoms. The van der Waals surface area contributed by atoms with Gasteiger partial charge in [-0.2, -0.15) is 5.26 Å². The molecule has 0 fully saturated rings. The average molecular weight is 330 g/mol. The van der Waals surface area contributed by atoms with Crippen LogP contribution in [0.25, 0.3) is 0 Å². The first kappa shape index (κ1) is 17.1. The van der Waals surface area contributed by atoms with Crippen LogP contribution in [0.3, 0.4) is 0 Å². The number of aryl methyl sites for hydroxylation is 1. The van der Waals surface area contributed by atoms with E-state index in [9.17, 15) is 14.9 Å². The highest BCUT2D eigenvalue weighted by molar-refractivity contribution is 8.03. The Labute approximate surface area is 139 Å². The Morgan fingerprint density at radius 1 is 1.43 bits per heavy atom. The summed E-state index contributed by atoms with van der Waals surface area (Å²) in [5.41, 5.74) is 2.12. The standard InChI is InChI=1S/C17H18N2O3S/c1-4-23-16-12(9-18)13(11-8-6-5-7-10(11)2)14(15(20)19-16)17(21)22-3/h5-8,13-14H,4H2,1-3H3,(H,19,20)/t13-,14+/m0/s1. The molecule has 0 saturated carbocycles. The molecule has 6 heteroatoms. The number of hydrogen-bond acceptors (Lipinski definition) is 5. The van der Waals surface area contributed by atoms with Crippen LogP contribution in [0.4, 0.5) is 0 Å². The Balaban J connectivity index is 2.67. The number of amides is 1. The van der Waals surface area contributed by atoms with Gasteiger partial charge in [-0.1, -0.05) is 31.2 Å². The Hall–Kier alpha value is -2.26. The molecule has 1 amide bonds. The molecule has 0 aliphatic carbocycles. The molecule has 0 bridgehead atoms. The van der Waals surface area contributed by atoms with Crippen molar-refractivity contribution in [3.63, 3.8) is 0 Å². The third-order valence-corrected chi connectivity index (χ3v) is 4.70. The number of allylic oxidation sites excluding steroid dienone is 1. The van der Waals surface area contributed by atoms with Crippen molar-refractivity contribution in [2.24, 2.45) is 5.92 Å². The molecule has 1 aromatic carbocycles. The van der Waals surface area contributed by atoms with E-state index in [0.717, 1.165) is 11.1 Å². The van der Waals surface area contributed by atoms with E-state index in [0.29, 0.717) is 16.4 Å². The second-order valence-electron chi connectivity index (χ2n) is 5.11. The number of nitrogens with zero attached hydrogens (tertiary/aromatic N) is 1. The lowest BCUT2D eigenvalue weighted by molar-refractivity contribution is -0.150. The fourth-order valence-electron chi connectivity index (χ4n) is 2.74. The summed E-state index contributed by atoms with van der Waals surface area (Å²) < 4.78 is 4.80. The van der Waals surface area contributed by atoms with Gasteiger partial charge in [-0.05, 0) is 23.8 Å². The van der Waals surface area contributed by atoms with E-state index in [4.69, 9.17) is 4.74 Å². The van der Waals surface area contributed by atoms with Gasteiger partial charge in [-0.25, -0.2) is 0 Å². The zero-order valence-electron chi connectivity index (χ0n) is 13.3. The lowest BCUT2D eigenvalue weighted by atomic mass is 9.77. The van der Waals surface area contributed by atoms with E-state index in [1.54, 1.807) is 0 Å². The predicted molar refractivity (Wildman–Crippen MR) is 88.3 cm³/mol. The predicted octanol–water partition coefficient (Wildman–Crippen LogP) is 2.49. The molecule has 1 aliphatic rings. The van der Waals surface area contributed by atoms with Crippen LogP contribution in [0, 0.1) is 24.2 Å². The summed E-state index contributed by atoms with van der Waals surface area (Å²) in [6.45, 7) is 3.84. The molecule has 1 heterocycles. The number of thioether (sulfide) groups is 1. The number of hydrogen-bond donors (Lipinski definition) is 1. The van der Waals surface area contributed by atoms with E-state index >= 15 is 0 Å². The summed E-state index contributed by atoms with van der Waals surface area (Å²) >= 11 is 1.39. The van der Waals surface area contributed by atoms with Gasteiger partial charge in [-0.15, -0.1) is 11.8 Å². The summed E-state index contributed by atoms with van der Waals surface area (Å²) in [5.74, 6) is -2.04. The minimum absolute atomic E-state index is 0.404. The van der Waals surface area contributed by atoms with E-state index in [-0.39, 0.29) is 0 Å². The normalized spacial score (nSPS) is 20.7. The van der Waals surface area contributed by atoms with Gasteiger partial charge in [0.2, 0.25) is 5.91 Å². The Bertz CT molecular complexity index is 706. The second kappa shape index (κ2) is 7.34. The molecular weight excluding hydrogens is 312 g/mol. The number of rotatable bonds is 4. The minimum Gasteiger partial charge on any atom is -0.468 e. The zero-order valence-corrected chi connectivity index (χ0v) is 14.1. The molecular formula is C17H18N2O3S. The number of nitrogens with one attached hydrogen (secondary N) is 1. The minimum atomic E-state index is -1.06. The molecule has 0 radical (unpaired) electrons. The molecule has 1 N–H and O–H groups in total. The molecule has 0 spiro atoms. The highest BCUT2D eigenvalue weighted by atomic mass is 32.2. The van der Waals surface area contributed by atoms with Crippen LogP contribution in [0.1, 0.15) is 24.0 Å². The summed E-state index contributed by atoms with van der Waals surface area (Å²) in [6.07, 6.45) is 0. The van der Waals surface area contributed by atoms with Crippen molar-refractivity contribution in [2.75, 3.05) is 12.9 Å². The molecule has 1 aliphatic heterocycles. The molecule has 0 unspecified atom stereocenters. The fourth-order valence-corrected chi connectivity index (χ4v) is 3.53. The maximum absolute atomic E-state index is 12.5. The molecule has 2 rings (SSSR count). The van der Waals surface area contributed by atoms with E-state index in [1.165, 1.54) is 18.9 Å². The highest BCUT2D eigenvalue weighted by Gasteiger charge is 2.44. The Morgan fingerprint density at radius 2 is 2.13 bits per heavy atom. The van der Waals surface area contributed by atoms with Crippen molar-refractivity contribution in [3.05, 3.63) is 46.0 Å². The largest absolute Gasteiger partial charge is 0.468 e. The van der Waals surface area contributed by atoms with Crippen molar-refractivity contribution in [3.8, 4) is 6.07 Å². The Kier molecular flexibility index (Phi) is 5.45. The van der Waals surface area contributed by atoms with Crippen LogP contribution in [0.5, 0.6) is 0 Å². The van der Waals surface area contributed by atoms with Crippen LogP contribution in [0.2, 0.25) is 0 Å². The summed E-state index contributed by atoms with van der Waals surface area (Å²) in [5, 5.41) is 12.8. The van der Waals surface area contributed by atoms with Crippen LogP contribution in [0.15, 0.2) is 34.9 Å². The van der Waals surface area contributed by atoms with E-state index in [1.807, 2.05) is 38.1 Å².